The monoisotopic (exact) mass is 335 g/mol. The van der Waals surface area contributed by atoms with Gasteiger partial charge in [-0.15, -0.1) is 11.3 Å². The van der Waals surface area contributed by atoms with Crippen molar-refractivity contribution in [3.05, 3.63) is 49.7 Å². The van der Waals surface area contributed by atoms with Crippen molar-refractivity contribution in [1.82, 2.24) is 4.98 Å². The lowest BCUT2D eigenvalue weighted by Gasteiger charge is -2.08. The first kappa shape index (κ1) is 11.0. The molecule has 5 heteroatoms. The van der Waals surface area contributed by atoms with Crippen LogP contribution in [0.1, 0.15) is 17.2 Å². The van der Waals surface area contributed by atoms with E-state index in [1.54, 1.807) is 11.3 Å². The van der Waals surface area contributed by atoms with Crippen molar-refractivity contribution < 1.29 is 9.50 Å². The third-order valence-electron chi connectivity index (χ3n) is 1.95. The molecule has 2 nitrogen and oxygen atoms in total. The molecule has 2 aromatic heterocycles. The van der Waals surface area contributed by atoms with Gasteiger partial charge in [0.2, 0.25) is 0 Å². The lowest BCUT2D eigenvalue weighted by atomic mass is 10.1. The number of aromatic nitrogens is 1. The molecule has 0 spiro atoms. The Kier molecular flexibility index (Phi) is 3.32. The zero-order valence-corrected chi connectivity index (χ0v) is 10.5. The van der Waals surface area contributed by atoms with Gasteiger partial charge in [0, 0.05) is 11.8 Å². The van der Waals surface area contributed by atoms with E-state index in [0.29, 0.717) is 5.56 Å². The van der Waals surface area contributed by atoms with E-state index < -0.39 is 11.9 Å². The van der Waals surface area contributed by atoms with E-state index in [-0.39, 0.29) is 0 Å². The minimum Gasteiger partial charge on any atom is -0.384 e. The van der Waals surface area contributed by atoms with Crippen molar-refractivity contribution in [1.29, 1.82) is 0 Å². The van der Waals surface area contributed by atoms with E-state index in [4.69, 9.17) is 0 Å². The fraction of sp³-hybridized carbons (Fsp3) is 0.100. The molecule has 0 aliphatic carbocycles. The molecule has 0 saturated carbocycles. The normalized spacial score (nSPS) is 12.7. The van der Waals surface area contributed by atoms with Crippen LogP contribution in [-0.4, -0.2) is 10.1 Å². The van der Waals surface area contributed by atoms with Crippen molar-refractivity contribution in [2.24, 2.45) is 0 Å². The molecule has 1 N–H and O–H groups in total. The Morgan fingerprint density at radius 3 is 2.73 bits per heavy atom. The average Bonchev–Trinajstić information content (AvgIpc) is 2.64. The molecular formula is C10H7FINOS. The summed E-state index contributed by atoms with van der Waals surface area (Å²) in [4.78, 5) is 3.70. The van der Waals surface area contributed by atoms with Gasteiger partial charge in [0.15, 0.2) is 0 Å². The molecule has 0 fully saturated rings. The van der Waals surface area contributed by atoms with Crippen LogP contribution in [0.3, 0.4) is 0 Å². The summed E-state index contributed by atoms with van der Waals surface area (Å²) in [6.07, 6.45) is 1.79. The summed E-state index contributed by atoms with van der Waals surface area (Å²) in [5.41, 5.74) is 1.25. The minimum absolute atomic E-state index is 0.434. The standard InChI is InChI=1S/C10H7FINOS/c11-8-1-6(3-13-4-8)10(14)7-2-9(12)15-5-7/h1-5,10,14H. The molecule has 2 rings (SSSR count). The summed E-state index contributed by atoms with van der Waals surface area (Å²) in [7, 11) is 0. The summed E-state index contributed by atoms with van der Waals surface area (Å²) < 4.78 is 14.0. The molecule has 0 aliphatic heterocycles. The molecule has 0 amide bonds. The predicted octanol–water partition coefficient (Wildman–Crippen LogP) is 2.97. The molecule has 0 aliphatic rings. The quantitative estimate of drug-likeness (QED) is 0.856. The molecule has 1 atom stereocenters. The Hall–Kier alpha value is -0.530. The topological polar surface area (TPSA) is 33.1 Å². The Labute approximate surface area is 104 Å². The number of thiophene rings is 1. The Morgan fingerprint density at radius 1 is 1.33 bits per heavy atom. The predicted molar refractivity (Wildman–Crippen MR) is 65.3 cm³/mol. The second kappa shape index (κ2) is 4.54. The van der Waals surface area contributed by atoms with E-state index in [2.05, 4.69) is 27.6 Å². The third kappa shape index (κ3) is 2.53. The van der Waals surface area contributed by atoms with Crippen molar-refractivity contribution >= 4 is 33.9 Å². The van der Waals surface area contributed by atoms with Crippen molar-refractivity contribution in [2.75, 3.05) is 0 Å². The van der Waals surface area contributed by atoms with Gasteiger partial charge in [-0.2, -0.15) is 0 Å². The van der Waals surface area contributed by atoms with Crippen molar-refractivity contribution in [3.63, 3.8) is 0 Å². The minimum atomic E-state index is -0.798. The van der Waals surface area contributed by atoms with Gasteiger partial charge >= 0.3 is 0 Å². The number of aliphatic hydroxyl groups excluding tert-OH is 1. The number of aliphatic hydroxyl groups is 1. The molecule has 1 unspecified atom stereocenters. The highest BCUT2D eigenvalue weighted by Gasteiger charge is 2.12. The average molecular weight is 335 g/mol. The Balaban J connectivity index is 2.32. The SMILES string of the molecule is OC(c1cncc(F)c1)c1csc(I)c1. The van der Waals surface area contributed by atoms with Crippen LogP contribution in [0.4, 0.5) is 4.39 Å². The summed E-state index contributed by atoms with van der Waals surface area (Å²) in [6.45, 7) is 0. The van der Waals surface area contributed by atoms with Gasteiger partial charge in [-0.25, -0.2) is 4.39 Å². The van der Waals surface area contributed by atoms with Gasteiger partial charge in [-0.05, 0) is 45.7 Å². The second-order valence-corrected chi connectivity index (χ2v) is 5.83. The first-order valence-corrected chi connectivity index (χ1v) is 6.15. The Bertz CT molecular complexity index is 474. The summed E-state index contributed by atoms with van der Waals surface area (Å²) in [6, 6.07) is 3.17. The molecule has 2 aromatic rings. The molecular weight excluding hydrogens is 328 g/mol. The van der Waals surface area contributed by atoms with Crippen LogP contribution in [0.5, 0.6) is 0 Å². The maximum atomic E-state index is 12.9. The number of halogens is 2. The van der Waals surface area contributed by atoms with Crippen LogP contribution < -0.4 is 0 Å². The number of hydrogen-bond acceptors (Lipinski definition) is 3. The highest BCUT2D eigenvalue weighted by atomic mass is 127. The number of nitrogens with zero attached hydrogens (tertiary/aromatic N) is 1. The number of pyridine rings is 1. The second-order valence-electron chi connectivity index (χ2n) is 3.02. The van der Waals surface area contributed by atoms with Gasteiger partial charge in [0.1, 0.15) is 11.9 Å². The zero-order chi connectivity index (χ0) is 10.8. The maximum Gasteiger partial charge on any atom is 0.141 e. The summed E-state index contributed by atoms with van der Waals surface area (Å²) in [5, 5.41) is 11.8. The van der Waals surface area contributed by atoms with E-state index in [9.17, 15) is 9.50 Å². The molecule has 2 heterocycles. The van der Waals surface area contributed by atoms with Crippen LogP contribution in [0.15, 0.2) is 29.9 Å². The highest BCUT2D eigenvalue weighted by molar-refractivity contribution is 14.1. The zero-order valence-electron chi connectivity index (χ0n) is 7.52. The van der Waals surface area contributed by atoms with E-state index in [0.717, 1.165) is 14.6 Å². The first-order valence-electron chi connectivity index (χ1n) is 4.19. The van der Waals surface area contributed by atoms with Crippen LogP contribution in [0.25, 0.3) is 0 Å². The summed E-state index contributed by atoms with van der Waals surface area (Å²) >= 11 is 3.72. The van der Waals surface area contributed by atoms with E-state index in [1.807, 2.05) is 11.4 Å². The number of rotatable bonds is 2. The van der Waals surface area contributed by atoms with Crippen molar-refractivity contribution in [3.8, 4) is 0 Å². The lowest BCUT2D eigenvalue weighted by Crippen LogP contribution is -1.99. The molecule has 0 radical (unpaired) electrons. The van der Waals surface area contributed by atoms with Gasteiger partial charge < -0.3 is 5.11 Å². The van der Waals surface area contributed by atoms with E-state index in [1.165, 1.54) is 12.3 Å². The smallest absolute Gasteiger partial charge is 0.141 e. The maximum absolute atomic E-state index is 12.9. The van der Waals surface area contributed by atoms with Crippen LogP contribution in [0.2, 0.25) is 0 Å². The van der Waals surface area contributed by atoms with Crippen LogP contribution in [0, 0.1) is 8.70 Å². The Morgan fingerprint density at radius 2 is 2.13 bits per heavy atom. The van der Waals surface area contributed by atoms with Gasteiger partial charge in [0.05, 0.1) is 9.08 Å². The van der Waals surface area contributed by atoms with Crippen LogP contribution >= 0.6 is 33.9 Å². The van der Waals surface area contributed by atoms with Gasteiger partial charge in [0.25, 0.3) is 0 Å². The molecule has 0 bridgehead atoms. The third-order valence-corrected chi connectivity index (χ3v) is 3.75. The first-order chi connectivity index (χ1) is 7.16. The van der Waals surface area contributed by atoms with Crippen LogP contribution in [-0.2, 0) is 0 Å². The fourth-order valence-electron chi connectivity index (χ4n) is 1.24. The van der Waals surface area contributed by atoms with Gasteiger partial charge in [-0.3, -0.25) is 4.98 Å². The summed E-state index contributed by atoms with van der Waals surface area (Å²) in [5.74, 6) is -0.434. The van der Waals surface area contributed by atoms with E-state index >= 15 is 0 Å². The highest BCUT2D eigenvalue weighted by Crippen LogP contribution is 2.26. The molecule has 15 heavy (non-hydrogen) atoms. The van der Waals surface area contributed by atoms with Crippen molar-refractivity contribution in [2.45, 2.75) is 6.10 Å². The lowest BCUT2D eigenvalue weighted by molar-refractivity contribution is 0.220. The van der Waals surface area contributed by atoms with Gasteiger partial charge in [-0.1, -0.05) is 0 Å². The largest absolute Gasteiger partial charge is 0.384 e. The number of hydrogen-bond donors (Lipinski definition) is 1. The molecule has 0 saturated heterocycles. The molecule has 0 aromatic carbocycles. The molecule has 78 valence electrons. The fourth-order valence-corrected chi connectivity index (χ4v) is 2.63.